The minimum absolute atomic E-state index is 0.0861. The summed E-state index contributed by atoms with van der Waals surface area (Å²) in [5.41, 5.74) is 3.27. The number of amides is 2. The van der Waals surface area contributed by atoms with Crippen molar-refractivity contribution in [1.82, 2.24) is 15.1 Å². The average molecular weight is 477 g/mol. The van der Waals surface area contributed by atoms with Gasteiger partial charge in [-0.3, -0.25) is 14.3 Å². The van der Waals surface area contributed by atoms with Crippen molar-refractivity contribution in [3.05, 3.63) is 77.1 Å². The number of aryl methyl sites for hydroxylation is 1. The highest BCUT2D eigenvalue weighted by atomic mass is 16.5. The Bertz CT molecular complexity index is 1160. The molecule has 0 atom stereocenters. The Hall–Kier alpha value is -3.61. The van der Waals surface area contributed by atoms with E-state index in [1.165, 1.54) is 5.56 Å². The molecule has 0 saturated heterocycles. The van der Waals surface area contributed by atoms with E-state index >= 15 is 0 Å². The van der Waals surface area contributed by atoms with Gasteiger partial charge in [0.25, 0.3) is 11.8 Å². The summed E-state index contributed by atoms with van der Waals surface area (Å²) in [4.78, 5) is 25.6. The van der Waals surface area contributed by atoms with E-state index in [2.05, 4.69) is 48.6 Å². The topological polar surface area (TPSA) is 85.2 Å². The molecule has 3 aromatic rings. The van der Waals surface area contributed by atoms with Crippen molar-refractivity contribution in [2.45, 2.75) is 60.1 Å². The lowest BCUT2D eigenvalue weighted by molar-refractivity contribution is 0.0944. The highest BCUT2D eigenvalue weighted by molar-refractivity contribution is 6.08. The summed E-state index contributed by atoms with van der Waals surface area (Å²) >= 11 is 0. The molecular weight excluding hydrogens is 440 g/mol. The lowest BCUT2D eigenvalue weighted by Gasteiger charge is -2.19. The van der Waals surface area contributed by atoms with Crippen LogP contribution in [0.25, 0.3) is 0 Å². The maximum absolute atomic E-state index is 13.0. The van der Waals surface area contributed by atoms with Gasteiger partial charge >= 0.3 is 0 Å². The SMILES string of the molecule is CCn1cc(NC(=O)c2cccc(COc3ccc(C(C)(C)C)cc3)c2)c(C(=O)NCC(C)C)n1. The molecule has 7 nitrogen and oxygen atoms in total. The van der Waals surface area contributed by atoms with E-state index in [0.717, 1.165) is 11.3 Å². The number of hydrogen-bond donors (Lipinski definition) is 2. The first-order valence-electron chi connectivity index (χ1n) is 12.1. The van der Waals surface area contributed by atoms with E-state index in [4.69, 9.17) is 4.74 Å². The molecule has 35 heavy (non-hydrogen) atoms. The third-order valence-corrected chi connectivity index (χ3v) is 5.53. The van der Waals surface area contributed by atoms with E-state index in [9.17, 15) is 9.59 Å². The molecular formula is C28H36N4O3. The minimum Gasteiger partial charge on any atom is -0.489 e. The van der Waals surface area contributed by atoms with E-state index in [1.807, 2.05) is 45.0 Å². The number of carbonyl (C=O) groups excluding carboxylic acids is 2. The number of rotatable bonds is 9. The van der Waals surface area contributed by atoms with Gasteiger partial charge in [-0.05, 0) is 53.6 Å². The van der Waals surface area contributed by atoms with Gasteiger partial charge in [0.15, 0.2) is 5.69 Å². The molecule has 2 aromatic carbocycles. The molecule has 1 aromatic heterocycles. The zero-order valence-corrected chi connectivity index (χ0v) is 21.5. The summed E-state index contributed by atoms with van der Waals surface area (Å²) in [7, 11) is 0. The van der Waals surface area contributed by atoms with Gasteiger partial charge in [-0.25, -0.2) is 0 Å². The fourth-order valence-electron chi connectivity index (χ4n) is 3.44. The maximum atomic E-state index is 13.0. The molecule has 0 aliphatic heterocycles. The third-order valence-electron chi connectivity index (χ3n) is 5.53. The Labute approximate surface area is 207 Å². The van der Waals surface area contributed by atoms with Gasteiger partial charge in [0.05, 0.1) is 5.69 Å². The Morgan fingerprint density at radius 1 is 1.06 bits per heavy atom. The number of carbonyl (C=O) groups is 2. The Kier molecular flexibility index (Phi) is 8.33. The lowest BCUT2D eigenvalue weighted by atomic mass is 9.87. The lowest BCUT2D eigenvalue weighted by Crippen LogP contribution is -2.28. The molecule has 2 N–H and O–H groups in total. The van der Waals surface area contributed by atoms with Crippen LogP contribution >= 0.6 is 0 Å². The first kappa shape index (κ1) is 26.0. The predicted molar refractivity (Wildman–Crippen MR) is 139 cm³/mol. The van der Waals surface area contributed by atoms with Crippen molar-refractivity contribution >= 4 is 17.5 Å². The zero-order chi connectivity index (χ0) is 25.6. The number of nitrogens with one attached hydrogen (secondary N) is 2. The molecule has 0 fully saturated rings. The van der Waals surface area contributed by atoms with Gasteiger partial charge in [0, 0.05) is 24.8 Å². The summed E-state index contributed by atoms with van der Waals surface area (Å²) in [6.45, 7) is 13.9. The average Bonchev–Trinajstić information content (AvgIpc) is 3.24. The van der Waals surface area contributed by atoms with Gasteiger partial charge in [-0.15, -0.1) is 0 Å². The van der Waals surface area contributed by atoms with Crippen molar-refractivity contribution in [3.8, 4) is 5.75 Å². The number of ether oxygens (including phenoxy) is 1. The number of anilines is 1. The first-order valence-corrected chi connectivity index (χ1v) is 12.1. The fourth-order valence-corrected chi connectivity index (χ4v) is 3.44. The summed E-state index contributed by atoms with van der Waals surface area (Å²) in [5.74, 6) is 0.472. The second kappa shape index (κ2) is 11.2. The summed E-state index contributed by atoms with van der Waals surface area (Å²) in [6, 6.07) is 15.3. The van der Waals surface area contributed by atoms with E-state index < -0.39 is 0 Å². The van der Waals surface area contributed by atoms with Crippen molar-refractivity contribution < 1.29 is 14.3 Å². The Morgan fingerprint density at radius 3 is 2.40 bits per heavy atom. The van der Waals surface area contributed by atoms with Crippen LogP contribution in [-0.2, 0) is 18.6 Å². The molecule has 7 heteroatoms. The second-order valence-corrected chi connectivity index (χ2v) is 10.1. The summed E-state index contributed by atoms with van der Waals surface area (Å²) < 4.78 is 7.56. The van der Waals surface area contributed by atoms with Crippen molar-refractivity contribution in [2.24, 2.45) is 5.92 Å². The van der Waals surface area contributed by atoms with E-state index in [0.29, 0.717) is 36.9 Å². The molecule has 3 rings (SSSR count). The van der Waals surface area contributed by atoms with Crippen LogP contribution in [0, 0.1) is 5.92 Å². The predicted octanol–water partition coefficient (Wildman–Crippen LogP) is 5.42. The van der Waals surface area contributed by atoms with Crippen LogP contribution in [0.5, 0.6) is 5.75 Å². The van der Waals surface area contributed by atoms with E-state index in [1.54, 1.807) is 23.0 Å². The maximum Gasteiger partial charge on any atom is 0.273 e. The van der Waals surface area contributed by atoms with Crippen molar-refractivity contribution in [2.75, 3.05) is 11.9 Å². The van der Waals surface area contributed by atoms with Crippen LogP contribution in [0.4, 0.5) is 5.69 Å². The standard InChI is InChI=1S/C28H36N4O3/c1-7-32-17-24(25(31-32)27(34)29-16-19(2)3)30-26(33)21-10-8-9-20(15-21)18-35-23-13-11-22(12-14-23)28(4,5)6/h8-15,17,19H,7,16,18H2,1-6H3,(H,29,34)(H,30,33). The Morgan fingerprint density at radius 2 is 1.77 bits per heavy atom. The molecule has 0 radical (unpaired) electrons. The summed E-state index contributed by atoms with van der Waals surface area (Å²) in [6.07, 6.45) is 1.68. The highest BCUT2D eigenvalue weighted by Gasteiger charge is 2.19. The van der Waals surface area contributed by atoms with Crippen molar-refractivity contribution in [1.29, 1.82) is 0 Å². The molecule has 0 aliphatic rings. The number of aromatic nitrogens is 2. The zero-order valence-electron chi connectivity index (χ0n) is 21.5. The van der Waals surface area contributed by atoms with E-state index in [-0.39, 0.29) is 22.9 Å². The largest absolute Gasteiger partial charge is 0.489 e. The van der Waals surface area contributed by atoms with Crippen LogP contribution in [0.15, 0.2) is 54.7 Å². The van der Waals surface area contributed by atoms with Crippen LogP contribution in [0.1, 0.15) is 73.5 Å². The monoisotopic (exact) mass is 476 g/mol. The third kappa shape index (κ3) is 7.18. The molecule has 0 unspecified atom stereocenters. The fraction of sp³-hybridized carbons (Fsp3) is 0.393. The van der Waals surface area contributed by atoms with Gasteiger partial charge in [-0.1, -0.05) is 58.9 Å². The Balaban J connectivity index is 1.68. The van der Waals surface area contributed by atoms with Gasteiger partial charge < -0.3 is 15.4 Å². The van der Waals surface area contributed by atoms with Gasteiger partial charge in [0.1, 0.15) is 12.4 Å². The first-order chi connectivity index (χ1) is 16.6. The molecule has 0 bridgehead atoms. The summed E-state index contributed by atoms with van der Waals surface area (Å²) in [5, 5.41) is 10.0. The quantitative estimate of drug-likeness (QED) is 0.432. The molecule has 1 heterocycles. The molecule has 2 amide bonds. The normalized spacial score (nSPS) is 11.4. The molecule has 0 spiro atoms. The molecule has 0 saturated carbocycles. The number of benzene rings is 2. The van der Waals surface area contributed by atoms with Gasteiger partial charge in [-0.2, -0.15) is 5.10 Å². The molecule has 186 valence electrons. The van der Waals surface area contributed by atoms with Crippen LogP contribution < -0.4 is 15.4 Å². The van der Waals surface area contributed by atoms with Crippen LogP contribution in [-0.4, -0.2) is 28.1 Å². The molecule has 0 aliphatic carbocycles. The smallest absolute Gasteiger partial charge is 0.273 e. The highest BCUT2D eigenvalue weighted by Crippen LogP contribution is 2.25. The van der Waals surface area contributed by atoms with Crippen LogP contribution in [0.3, 0.4) is 0 Å². The second-order valence-electron chi connectivity index (χ2n) is 10.1. The minimum atomic E-state index is -0.310. The number of nitrogens with zero attached hydrogens (tertiary/aromatic N) is 2. The van der Waals surface area contributed by atoms with Crippen LogP contribution in [0.2, 0.25) is 0 Å². The van der Waals surface area contributed by atoms with Crippen molar-refractivity contribution in [3.63, 3.8) is 0 Å². The number of hydrogen-bond acceptors (Lipinski definition) is 4. The van der Waals surface area contributed by atoms with Gasteiger partial charge in [0.2, 0.25) is 0 Å².